The molecule has 0 amide bonds. The zero-order valence-corrected chi connectivity index (χ0v) is 31.8. The molecule has 47 heavy (non-hydrogen) atoms. The van der Waals surface area contributed by atoms with Crippen LogP contribution in [-0.2, 0) is 23.7 Å². The first kappa shape index (κ1) is 43.0. The Morgan fingerprint density at radius 1 is 0.362 bits per heavy atom. The van der Waals surface area contributed by atoms with Crippen molar-refractivity contribution in [3.8, 4) is 0 Å². The Balaban J connectivity index is 1.35. The summed E-state index contributed by atoms with van der Waals surface area (Å²) in [7, 11) is 0. The maximum absolute atomic E-state index is 6.26. The Kier molecular flexibility index (Phi) is 30.1. The predicted octanol–water partition coefficient (Wildman–Crippen LogP) is 13.0. The highest BCUT2D eigenvalue weighted by Gasteiger charge is 2.42. The highest BCUT2D eigenvalue weighted by molar-refractivity contribution is 4.79. The number of unbranched alkanes of at least 4 members (excludes halogenated alkanes) is 30. The maximum Gasteiger partial charge on any atom is 0.189 e. The van der Waals surface area contributed by atoms with E-state index in [1.807, 2.05) is 0 Å². The van der Waals surface area contributed by atoms with E-state index >= 15 is 0 Å². The molecule has 0 N–H and O–H groups in total. The molecule has 280 valence electrons. The molecule has 2 heterocycles. The SMILES string of the molecule is CCCCCCCCCCCCCCCCCCOC(OC(OCCCCCCCCCCCCCCCCCC)C1CO1)C1CO1. The van der Waals surface area contributed by atoms with Crippen LogP contribution in [0.5, 0.6) is 0 Å². The Morgan fingerprint density at radius 2 is 0.574 bits per heavy atom. The second-order valence-electron chi connectivity index (χ2n) is 15.0. The quantitative estimate of drug-likeness (QED) is 0.0370. The van der Waals surface area contributed by atoms with Gasteiger partial charge in [0.1, 0.15) is 12.2 Å². The van der Waals surface area contributed by atoms with Crippen LogP contribution in [0.25, 0.3) is 0 Å². The summed E-state index contributed by atoms with van der Waals surface area (Å²) in [6.45, 7) is 7.51. The molecule has 0 radical (unpaired) electrons. The standard InChI is InChI=1S/C42H82O5/c1-3-5-7-9-11-13-15-17-19-21-23-25-27-29-31-33-35-43-41(39-37-45-39)47-42(40-38-46-40)44-36-34-32-30-28-26-24-22-20-18-16-14-12-10-8-6-4-2/h39-42H,3-38H2,1-2H3. The van der Waals surface area contributed by atoms with Crippen molar-refractivity contribution in [2.75, 3.05) is 26.4 Å². The summed E-state index contributed by atoms with van der Waals surface area (Å²) >= 11 is 0. The number of ether oxygens (including phenoxy) is 5. The average Bonchev–Trinajstić information content (AvgIpc) is 4.01. The Morgan fingerprint density at radius 3 is 0.787 bits per heavy atom. The van der Waals surface area contributed by atoms with Crippen LogP contribution < -0.4 is 0 Å². The van der Waals surface area contributed by atoms with Crippen LogP contribution in [0.2, 0.25) is 0 Å². The molecule has 5 nitrogen and oxygen atoms in total. The molecule has 0 aromatic heterocycles. The molecule has 2 aliphatic heterocycles. The topological polar surface area (TPSA) is 52.8 Å². The molecule has 0 aromatic carbocycles. The van der Waals surface area contributed by atoms with E-state index in [-0.39, 0.29) is 24.8 Å². The third kappa shape index (κ3) is 28.2. The molecule has 0 bridgehead atoms. The minimum atomic E-state index is -0.327. The van der Waals surface area contributed by atoms with Gasteiger partial charge in [-0.3, -0.25) is 0 Å². The predicted molar refractivity (Wildman–Crippen MR) is 199 cm³/mol. The fraction of sp³-hybridized carbons (Fsp3) is 1.00. The molecule has 4 unspecified atom stereocenters. The first-order valence-electron chi connectivity index (χ1n) is 21.5. The smallest absolute Gasteiger partial charge is 0.189 e. The molecular weight excluding hydrogens is 584 g/mol. The molecule has 4 atom stereocenters. The van der Waals surface area contributed by atoms with Gasteiger partial charge in [-0.25, -0.2) is 0 Å². The molecule has 2 fully saturated rings. The molecule has 0 aromatic rings. The highest BCUT2D eigenvalue weighted by Crippen LogP contribution is 2.26. The van der Waals surface area contributed by atoms with Gasteiger partial charge >= 0.3 is 0 Å². The second-order valence-corrected chi connectivity index (χ2v) is 15.0. The fourth-order valence-electron chi connectivity index (χ4n) is 6.73. The molecule has 0 aliphatic carbocycles. The number of rotatable bonds is 40. The van der Waals surface area contributed by atoms with Crippen molar-refractivity contribution in [2.24, 2.45) is 0 Å². The van der Waals surface area contributed by atoms with Gasteiger partial charge in [0.15, 0.2) is 12.6 Å². The number of epoxide rings is 2. The second kappa shape index (κ2) is 33.0. The van der Waals surface area contributed by atoms with Crippen LogP contribution in [0.15, 0.2) is 0 Å². The normalized spacial score (nSPS) is 18.5. The van der Waals surface area contributed by atoms with Crippen LogP contribution >= 0.6 is 0 Å². The fourth-order valence-corrected chi connectivity index (χ4v) is 6.73. The van der Waals surface area contributed by atoms with E-state index in [1.54, 1.807) is 0 Å². The Hall–Kier alpha value is -0.200. The largest absolute Gasteiger partial charge is 0.368 e. The van der Waals surface area contributed by atoms with E-state index in [2.05, 4.69) is 13.8 Å². The van der Waals surface area contributed by atoms with Crippen molar-refractivity contribution >= 4 is 0 Å². The zero-order valence-electron chi connectivity index (χ0n) is 31.8. The van der Waals surface area contributed by atoms with Crippen LogP contribution in [0, 0.1) is 0 Å². The number of hydrogen-bond acceptors (Lipinski definition) is 5. The first-order valence-corrected chi connectivity index (χ1v) is 21.5. The minimum Gasteiger partial charge on any atom is -0.368 e. The lowest BCUT2D eigenvalue weighted by atomic mass is 10.0. The van der Waals surface area contributed by atoms with Crippen molar-refractivity contribution in [3.63, 3.8) is 0 Å². The molecule has 2 saturated heterocycles. The van der Waals surface area contributed by atoms with Crippen LogP contribution in [0.1, 0.15) is 219 Å². The van der Waals surface area contributed by atoms with Crippen LogP contribution in [0.4, 0.5) is 0 Å². The van der Waals surface area contributed by atoms with Gasteiger partial charge in [0, 0.05) is 13.2 Å². The molecule has 0 saturated carbocycles. The van der Waals surface area contributed by atoms with E-state index in [9.17, 15) is 0 Å². The van der Waals surface area contributed by atoms with Crippen molar-refractivity contribution in [1.29, 1.82) is 0 Å². The molecule has 2 rings (SSSR count). The summed E-state index contributed by atoms with van der Waals surface area (Å²) in [5, 5.41) is 0. The van der Waals surface area contributed by atoms with Crippen molar-refractivity contribution in [3.05, 3.63) is 0 Å². The summed E-state index contributed by atoms with van der Waals surface area (Å²) < 4.78 is 29.7. The van der Waals surface area contributed by atoms with Gasteiger partial charge in [-0.1, -0.05) is 206 Å². The monoisotopic (exact) mass is 667 g/mol. The van der Waals surface area contributed by atoms with E-state index in [0.29, 0.717) is 0 Å². The summed E-state index contributed by atoms with van der Waals surface area (Å²) in [5.74, 6) is 0. The summed E-state index contributed by atoms with van der Waals surface area (Å²) in [5.41, 5.74) is 0. The van der Waals surface area contributed by atoms with Gasteiger partial charge in [-0.15, -0.1) is 0 Å². The Labute approximate surface area is 293 Å². The van der Waals surface area contributed by atoms with Crippen molar-refractivity contribution in [2.45, 2.75) is 244 Å². The first-order chi connectivity index (χ1) is 23.3. The summed E-state index contributed by atoms with van der Waals surface area (Å²) in [4.78, 5) is 0. The third-order valence-corrected chi connectivity index (χ3v) is 10.2. The molecule has 0 spiro atoms. The lowest BCUT2D eigenvalue weighted by Gasteiger charge is -2.23. The minimum absolute atomic E-state index is 0.0523. The average molecular weight is 667 g/mol. The Bertz CT molecular complexity index is 570. The lowest BCUT2D eigenvalue weighted by molar-refractivity contribution is -0.256. The van der Waals surface area contributed by atoms with Crippen molar-refractivity contribution < 1.29 is 23.7 Å². The summed E-state index contributed by atoms with van der Waals surface area (Å²) in [6.07, 6.45) is 43.7. The number of hydrogen-bond donors (Lipinski definition) is 0. The van der Waals surface area contributed by atoms with Crippen LogP contribution in [0.3, 0.4) is 0 Å². The zero-order chi connectivity index (χ0) is 33.3. The van der Waals surface area contributed by atoms with E-state index in [0.717, 1.165) is 39.3 Å². The van der Waals surface area contributed by atoms with Crippen molar-refractivity contribution in [1.82, 2.24) is 0 Å². The van der Waals surface area contributed by atoms with E-state index in [1.165, 1.54) is 193 Å². The van der Waals surface area contributed by atoms with Crippen LogP contribution in [-0.4, -0.2) is 51.2 Å². The molecular formula is C42H82O5. The molecule has 5 heteroatoms. The van der Waals surface area contributed by atoms with Gasteiger partial charge in [-0.05, 0) is 12.8 Å². The van der Waals surface area contributed by atoms with Gasteiger partial charge < -0.3 is 23.7 Å². The maximum atomic E-state index is 6.26. The highest BCUT2D eigenvalue weighted by atomic mass is 16.8. The third-order valence-electron chi connectivity index (χ3n) is 10.2. The van der Waals surface area contributed by atoms with Gasteiger partial charge in [0.05, 0.1) is 13.2 Å². The van der Waals surface area contributed by atoms with E-state index < -0.39 is 0 Å². The lowest BCUT2D eigenvalue weighted by Crippen LogP contribution is -2.34. The van der Waals surface area contributed by atoms with Gasteiger partial charge in [0.25, 0.3) is 0 Å². The van der Waals surface area contributed by atoms with E-state index in [4.69, 9.17) is 23.7 Å². The molecule has 2 aliphatic rings. The van der Waals surface area contributed by atoms with Gasteiger partial charge in [-0.2, -0.15) is 0 Å². The van der Waals surface area contributed by atoms with Gasteiger partial charge in [0.2, 0.25) is 0 Å². The summed E-state index contributed by atoms with van der Waals surface area (Å²) in [6, 6.07) is 0.